The maximum absolute atomic E-state index is 12.4. The number of amides is 2. The Bertz CT molecular complexity index is 693. The van der Waals surface area contributed by atoms with Crippen LogP contribution >= 0.6 is 0 Å². The second-order valence-corrected chi connectivity index (χ2v) is 7.54. The molecule has 7 nitrogen and oxygen atoms in total. The molecule has 1 N–H and O–H groups in total. The van der Waals surface area contributed by atoms with E-state index in [1.165, 1.54) is 4.90 Å². The van der Waals surface area contributed by atoms with Gasteiger partial charge in [0, 0.05) is 12.6 Å². The molecule has 1 aromatic carbocycles. The predicted molar refractivity (Wildman–Crippen MR) is 105 cm³/mol. The highest BCUT2D eigenvalue weighted by atomic mass is 16.4. The summed E-state index contributed by atoms with van der Waals surface area (Å²) in [6, 6.07) is 7.34. The molecule has 1 fully saturated rings. The van der Waals surface area contributed by atoms with E-state index in [-0.39, 0.29) is 18.4 Å². The number of hydrogen-bond acceptors (Lipinski definition) is 5. The molecule has 152 valence electrons. The Morgan fingerprint density at radius 1 is 1.07 bits per heavy atom. The van der Waals surface area contributed by atoms with Crippen molar-refractivity contribution in [1.82, 2.24) is 14.7 Å². The lowest BCUT2D eigenvalue weighted by molar-refractivity contribution is -0.139. The van der Waals surface area contributed by atoms with Gasteiger partial charge in [0.2, 0.25) is 0 Å². The lowest BCUT2D eigenvalue weighted by Gasteiger charge is -2.37. The summed E-state index contributed by atoms with van der Waals surface area (Å²) in [7, 11) is 0. The maximum atomic E-state index is 12.4. The van der Waals surface area contributed by atoms with Crippen LogP contribution in [0.25, 0.3) is 0 Å². The molecular weight excluding hydrogens is 358 g/mol. The fraction of sp³-hybridized carbons (Fsp3) is 0.571. The Kier molecular flexibility index (Phi) is 6.80. The molecule has 28 heavy (non-hydrogen) atoms. The van der Waals surface area contributed by atoms with Crippen molar-refractivity contribution >= 4 is 17.8 Å². The van der Waals surface area contributed by atoms with Crippen LogP contribution in [-0.4, -0.2) is 82.9 Å². The summed E-state index contributed by atoms with van der Waals surface area (Å²) in [4.78, 5) is 41.5. The third-order valence-electron chi connectivity index (χ3n) is 5.80. The second-order valence-electron chi connectivity index (χ2n) is 7.54. The topological polar surface area (TPSA) is 81.2 Å². The molecular formula is C21H29N3O4. The van der Waals surface area contributed by atoms with Gasteiger partial charge in [-0.25, -0.2) is 0 Å². The normalized spacial score (nSPS) is 18.1. The molecule has 2 aliphatic heterocycles. The zero-order valence-corrected chi connectivity index (χ0v) is 16.5. The van der Waals surface area contributed by atoms with Crippen molar-refractivity contribution in [3.8, 4) is 0 Å². The number of hydrogen-bond donors (Lipinski definition) is 1. The standard InChI is InChI=1S/C21H29N3O4/c1-2-23(15-19(25)26)16-9-13-22(14-10-16)11-5-6-12-24-20(27)17-7-3-4-8-18(17)21(24)28/h3-4,7-8,16H,2,5-6,9-15H2,1H3,(H,25,26). The van der Waals surface area contributed by atoms with Gasteiger partial charge >= 0.3 is 5.97 Å². The molecule has 0 aliphatic carbocycles. The molecule has 7 heteroatoms. The van der Waals surface area contributed by atoms with Crippen LogP contribution in [0, 0.1) is 0 Å². The molecule has 0 atom stereocenters. The van der Waals surface area contributed by atoms with E-state index in [2.05, 4.69) is 4.90 Å². The zero-order chi connectivity index (χ0) is 20.1. The van der Waals surface area contributed by atoms with Crippen LogP contribution in [-0.2, 0) is 4.79 Å². The molecule has 0 spiro atoms. The summed E-state index contributed by atoms with van der Waals surface area (Å²) in [6.45, 7) is 6.22. The Morgan fingerprint density at radius 3 is 2.18 bits per heavy atom. The first-order valence-electron chi connectivity index (χ1n) is 10.1. The van der Waals surface area contributed by atoms with Crippen molar-refractivity contribution in [3.05, 3.63) is 35.4 Å². The first kappa shape index (κ1) is 20.5. The predicted octanol–water partition coefficient (Wildman–Crippen LogP) is 1.93. The van der Waals surface area contributed by atoms with Gasteiger partial charge in [0.25, 0.3) is 11.8 Å². The number of rotatable bonds is 9. The van der Waals surface area contributed by atoms with E-state index in [1.54, 1.807) is 24.3 Å². The van der Waals surface area contributed by atoms with E-state index in [9.17, 15) is 14.4 Å². The molecule has 0 radical (unpaired) electrons. The van der Waals surface area contributed by atoms with E-state index >= 15 is 0 Å². The quantitative estimate of drug-likeness (QED) is 0.515. The minimum absolute atomic E-state index is 0.113. The third kappa shape index (κ3) is 4.59. The van der Waals surface area contributed by atoms with Gasteiger partial charge in [-0.3, -0.25) is 24.2 Å². The van der Waals surface area contributed by atoms with Gasteiger partial charge in [-0.05, 0) is 64.0 Å². The van der Waals surface area contributed by atoms with Crippen LogP contribution in [0.15, 0.2) is 24.3 Å². The van der Waals surface area contributed by atoms with E-state index in [0.717, 1.165) is 51.9 Å². The molecule has 0 unspecified atom stereocenters. The molecule has 2 heterocycles. The molecule has 0 aromatic heterocycles. The van der Waals surface area contributed by atoms with Crippen LogP contribution in [0.2, 0.25) is 0 Å². The number of likely N-dealkylation sites (N-methyl/N-ethyl adjacent to an activating group) is 1. The number of imide groups is 1. The third-order valence-corrected chi connectivity index (χ3v) is 5.80. The minimum Gasteiger partial charge on any atom is -0.480 e. The lowest BCUT2D eigenvalue weighted by Crippen LogP contribution is -2.46. The average molecular weight is 387 g/mol. The van der Waals surface area contributed by atoms with Crippen LogP contribution in [0.3, 0.4) is 0 Å². The first-order chi connectivity index (χ1) is 13.5. The van der Waals surface area contributed by atoms with Gasteiger partial charge in [-0.1, -0.05) is 19.1 Å². The highest BCUT2D eigenvalue weighted by Gasteiger charge is 2.34. The van der Waals surface area contributed by atoms with Gasteiger partial charge in [-0.15, -0.1) is 0 Å². The Hall–Kier alpha value is -2.25. The summed E-state index contributed by atoms with van der Waals surface area (Å²) in [6.07, 6.45) is 3.70. The zero-order valence-electron chi connectivity index (χ0n) is 16.5. The van der Waals surface area contributed by atoms with Crippen LogP contribution in [0.1, 0.15) is 53.3 Å². The van der Waals surface area contributed by atoms with Gasteiger partial charge in [0.1, 0.15) is 0 Å². The van der Waals surface area contributed by atoms with Crippen LogP contribution in [0.5, 0.6) is 0 Å². The fourth-order valence-corrected chi connectivity index (χ4v) is 4.23. The Morgan fingerprint density at radius 2 is 1.64 bits per heavy atom. The number of likely N-dealkylation sites (tertiary alicyclic amines) is 1. The van der Waals surface area contributed by atoms with Crippen LogP contribution < -0.4 is 0 Å². The van der Waals surface area contributed by atoms with Gasteiger partial charge < -0.3 is 10.0 Å². The molecule has 3 rings (SSSR count). The largest absolute Gasteiger partial charge is 0.480 e. The Labute approximate surface area is 165 Å². The lowest BCUT2D eigenvalue weighted by atomic mass is 10.0. The van der Waals surface area contributed by atoms with Gasteiger partial charge in [0.05, 0.1) is 17.7 Å². The van der Waals surface area contributed by atoms with Crippen molar-refractivity contribution in [2.24, 2.45) is 0 Å². The molecule has 2 aliphatic rings. The number of carbonyl (C=O) groups excluding carboxylic acids is 2. The molecule has 0 bridgehead atoms. The first-order valence-corrected chi connectivity index (χ1v) is 10.1. The number of fused-ring (bicyclic) bond motifs is 1. The number of aliphatic carboxylic acids is 1. The van der Waals surface area contributed by atoms with Crippen molar-refractivity contribution < 1.29 is 19.5 Å². The molecule has 0 saturated carbocycles. The van der Waals surface area contributed by atoms with Crippen LogP contribution in [0.4, 0.5) is 0 Å². The van der Waals surface area contributed by atoms with Gasteiger partial charge in [0.15, 0.2) is 0 Å². The number of piperidine rings is 1. The number of carboxylic acids is 1. The van der Waals surface area contributed by atoms with Crippen molar-refractivity contribution in [3.63, 3.8) is 0 Å². The summed E-state index contributed by atoms with van der Waals surface area (Å²) < 4.78 is 0. The summed E-state index contributed by atoms with van der Waals surface area (Å²) in [5, 5.41) is 9.02. The summed E-state index contributed by atoms with van der Waals surface area (Å²) >= 11 is 0. The van der Waals surface area contributed by atoms with E-state index in [0.29, 0.717) is 23.7 Å². The highest BCUT2D eigenvalue weighted by Crippen LogP contribution is 2.23. The average Bonchev–Trinajstić information content (AvgIpc) is 2.94. The number of unbranched alkanes of at least 4 members (excludes halogenated alkanes) is 1. The summed E-state index contributed by atoms with van der Waals surface area (Å²) in [5.41, 5.74) is 1.02. The number of carbonyl (C=O) groups is 3. The van der Waals surface area contributed by atoms with E-state index in [4.69, 9.17) is 5.11 Å². The number of carboxylic acid groups (broad SMARTS) is 1. The van der Waals surface area contributed by atoms with Crippen molar-refractivity contribution in [1.29, 1.82) is 0 Å². The maximum Gasteiger partial charge on any atom is 0.317 e. The fourth-order valence-electron chi connectivity index (χ4n) is 4.23. The van der Waals surface area contributed by atoms with Crippen molar-refractivity contribution in [2.75, 3.05) is 39.3 Å². The van der Waals surface area contributed by atoms with E-state index in [1.807, 2.05) is 11.8 Å². The van der Waals surface area contributed by atoms with E-state index < -0.39 is 5.97 Å². The SMILES string of the molecule is CCN(CC(=O)O)C1CCN(CCCCN2C(=O)c3ccccc3C2=O)CC1. The Balaban J connectivity index is 1.37. The molecule has 1 saturated heterocycles. The monoisotopic (exact) mass is 387 g/mol. The van der Waals surface area contributed by atoms with Crippen molar-refractivity contribution in [2.45, 2.75) is 38.6 Å². The summed E-state index contributed by atoms with van der Waals surface area (Å²) in [5.74, 6) is -1.13. The smallest absolute Gasteiger partial charge is 0.317 e. The number of benzene rings is 1. The number of nitrogens with zero attached hydrogens (tertiary/aromatic N) is 3. The van der Waals surface area contributed by atoms with Gasteiger partial charge in [-0.2, -0.15) is 0 Å². The minimum atomic E-state index is -0.766. The second kappa shape index (κ2) is 9.30. The molecule has 2 amide bonds. The highest BCUT2D eigenvalue weighted by molar-refractivity contribution is 6.21. The molecule has 1 aromatic rings.